The SMILES string of the molecule is C[C@H]1CN(S(=O)(=O)NCCCOCC2CC2)C[C@H](C)O1. The maximum atomic E-state index is 12.1. The molecular weight excluding hydrogens is 280 g/mol. The zero-order chi connectivity index (χ0) is 14.6. The van der Waals surface area contributed by atoms with Gasteiger partial charge in [-0.05, 0) is 39.0 Å². The predicted octanol–water partition coefficient (Wildman–Crippen LogP) is 0.747. The van der Waals surface area contributed by atoms with Crippen molar-refractivity contribution in [3.8, 4) is 0 Å². The molecule has 0 unspecified atom stereocenters. The van der Waals surface area contributed by atoms with Crippen LogP contribution in [0.25, 0.3) is 0 Å². The molecule has 1 saturated carbocycles. The summed E-state index contributed by atoms with van der Waals surface area (Å²) in [5.41, 5.74) is 0. The van der Waals surface area contributed by atoms with E-state index in [-0.39, 0.29) is 12.2 Å². The van der Waals surface area contributed by atoms with Crippen LogP contribution in [-0.2, 0) is 19.7 Å². The third kappa shape index (κ3) is 5.29. The van der Waals surface area contributed by atoms with Crippen molar-refractivity contribution in [2.45, 2.75) is 45.3 Å². The van der Waals surface area contributed by atoms with Crippen LogP contribution in [0, 0.1) is 5.92 Å². The lowest BCUT2D eigenvalue weighted by atomic mass is 10.3. The fourth-order valence-corrected chi connectivity index (χ4v) is 3.73. The molecule has 1 saturated heterocycles. The molecular formula is C13H26N2O4S. The molecule has 118 valence electrons. The first-order chi connectivity index (χ1) is 9.47. The second kappa shape index (κ2) is 7.17. The van der Waals surface area contributed by atoms with E-state index >= 15 is 0 Å². The average Bonchev–Trinajstić information content (AvgIpc) is 3.16. The second-order valence-corrected chi connectivity index (χ2v) is 7.60. The van der Waals surface area contributed by atoms with Gasteiger partial charge in [0.15, 0.2) is 0 Å². The molecule has 0 bridgehead atoms. The van der Waals surface area contributed by atoms with E-state index in [9.17, 15) is 8.42 Å². The summed E-state index contributed by atoms with van der Waals surface area (Å²) in [5, 5.41) is 0. The van der Waals surface area contributed by atoms with Crippen molar-refractivity contribution in [2.75, 3.05) is 32.8 Å². The maximum absolute atomic E-state index is 12.1. The van der Waals surface area contributed by atoms with E-state index in [0.29, 0.717) is 32.7 Å². The van der Waals surface area contributed by atoms with E-state index in [1.807, 2.05) is 13.8 Å². The van der Waals surface area contributed by atoms with Gasteiger partial charge in [-0.3, -0.25) is 0 Å². The summed E-state index contributed by atoms with van der Waals surface area (Å²) in [7, 11) is -3.39. The summed E-state index contributed by atoms with van der Waals surface area (Å²) >= 11 is 0. The third-order valence-electron chi connectivity index (χ3n) is 3.53. The molecule has 1 heterocycles. The smallest absolute Gasteiger partial charge is 0.279 e. The lowest BCUT2D eigenvalue weighted by Gasteiger charge is -2.34. The normalized spacial score (nSPS) is 28.7. The number of hydrogen-bond acceptors (Lipinski definition) is 4. The quantitative estimate of drug-likeness (QED) is 0.672. The van der Waals surface area contributed by atoms with Crippen molar-refractivity contribution in [2.24, 2.45) is 5.92 Å². The molecule has 2 atom stereocenters. The summed E-state index contributed by atoms with van der Waals surface area (Å²) in [4.78, 5) is 0. The number of nitrogens with zero attached hydrogens (tertiary/aromatic N) is 1. The molecule has 0 radical (unpaired) electrons. The highest BCUT2D eigenvalue weighted by atomic mass is 32.2. The van der Waals surface area contributed by atoms with Crippen LogP contribution in [0.15, 0.2) is 0 Å². The Kier molecular flexibility index (Phi) is 5.80. The Labute approximate surface area is 122 Å². The van der Waals surface area contributed by atoms with Gasteiger partial charge in [-0.15, -0.1) is 0 Å². The molecule has 2 rings (SSSR count). The first-order valence-electron chi connectivity index (χ1n) is 7.45. The number of nitrogens with one attached hydrogen (secondary N) is 1. The minimum atomic E-state index is -3.39. The Morgan fingerprint density at radius 2 is 1.90 bits per heavy atom. The van der Waals surface area contributed by atoms with Gasteiger partial charge in [0.1, 0.15) is 0 Å². The van der Waals surface area contributed by atoms with Gasteiger partial charge in [0, 0.05) is 32.8 Å². The van der Waals surface area contributed by atoms with Crippen LogP contribution in [-0.4, -0.2) is 57.8 Å². The van der Waals surface area contributed by atoms with Crippen LogP contribution >= 0.6 is 0 Å². The van der Waals surface area contributed by atoms with Crippen molar-refractivity contribution in [1.82, 2.24) is 9.03 Å². The largest absolute Gasteiger partial charge is 0.381 e. The molecule has 20 heavy (non-hydrogen) atoms. The highest BCUT2D eigenvalue weighted by Crippen LogP contribution is 2.28. The first kappa shape index (κ1) is 16.2. The molecule has 2 fully saturated rings. The summed E-state index contributed by atoms with van der Waals surface area (Å²) in [5.74, 6) is 0.753. The zero-order valence-electron chi connectivity index (χ0n) is 12.4. The summed E-state index contributed by atoms with van der Waals surface area (Å²) in [6.07, 6.45) is 3.15. The van der Waals surface area contributed by atoms with Gasteiger partial charge in [0.05, 0.1) is 12.2 Å². The van der Waals surface area contributed by atoms with Crippen LogP contribution in [0.5, 0.6) is 0 Å². The molecule has 0 amide bonds. The molecule has 2 aliphatic rings. The van der Waals surface area contributed by atoms with Gasteiger partial charge in [-0.2, -0.15) is 12.7 Å². The Morgan fingerprint density at radius 1 is 1.25 bits per heavy atom. The second-order valence-electron chi connectivity index (χ2n) is 5.85. The van der Waals surface area contributed by atoms with E-state index in [1.54, 1.807) is 0 Å². The standard InChI is InChI=1S/C13H26N2O4S/c1-11-8-15(9-12(2)19-11)20(16,17)14-6-3-7-18-10-13-4-5-13/h11-14H,3-10H2,1-2H3/t11-,12-/m0/s1. The zero-order valence-corrected chi connectivity index (χ0v) is 13.2. The van der Waals surface area contributed by atoms with Gasteiger partial charge in [-0.1, -0.05) is 0 Å². The first-order valence-corrected chi connectivity index (χ1v) is 8.89. The van der Waals surface area contributed by atoms with Crippen LogP contribution in [0.1, 0.15) is 33.1 Å². The minimum Gasteiger partial charge on any atom is -0.381 e. The fraction of sp³-hybridized carbons (Fsp3) is 1.00. The van der Waals surface area contributed by atoms with E-state index in [2.05, 4.69) is 4.72 Å². The molecule has 6 nitrogen and oxygen atoms in total. The predicted molar refractivity (Wildman–Crippen MR) is 76.7 cm³/mol. The molecule has 0 aromatic heterocycles. The number of hydrogen-bond donors (Lipinski definition) is 1. The fourth-order valence-electron chi connectivity index (χ4n) is 2.33. The van der Waals surface area contributed by atoms with E-state index in [0.717, 1.165) is 12.5 Å². The van der Waals surface area contributed by atoms with E-state index < -0.39 is 10.2 Å². The van der Waals surface area contributed by atoms with Crippen LogP contribution in [0.4, 0.5) is 0 Å². The van der Waals surface area contributed by atoms with Crippen LogP contribution in [0.2, 0.25) is 0 Å². The van der Waals surface area contributed by atoms with Crippen molar-refractivity contribution >= 4 is 10.2 Å². The highest BCUT2D eigenvalue weighted by molar-refractivity contribution is 7.87. The molecule has 1 aliphatic heterocycles. The highest BCUT2D eigenvalue weighted by Gasteiger charge is 2.30. The Balaban J connectivity index is 1.64. The maximum Gasteiger partial charge on any atom is 0.279 e. The number of ether oxygens (including phenoxy) is 2. The van der Waals surface area contributed by atoms with Crippen molar-refractivity contribution in [1.29, 1.82) is 0 Å². The summed E-state index contributed by atoms with van der Waals surface area (Å²) in [6, 6.07) is 0. The van der Waals surface area contributed by atoms with Crippen molar-refractivity contribution in [3.05, 3.63) is 0 Å². The average molecular weight is 306 g/mol. The molecule has 1 aliphatic carbocycles. The van der Waals surface area contributed by atoms with Gasteiger partial charge < -0.3 is 9.47 Å². The molecule has 0 spiro atoms. The Hall–Kier alpha value is -0.210. The lowest BCUT2D eigenvalue weighted by molar-refractivity contribution is -0.0444. The molecule has 7 heteroatoms. The monoisotopic (exact) mass is 306 g/mol. The lowest BCUT2D eigenvalue weighted by Crippen LogP contribution is -2.52. The topological polar surface area (TPSA) is 67.9 Å². The van der Waals surface area contributed by atoms with Gasteiger partial charge in [0.25, 0.3) is 10.2 Å². The molecule has 0 aromatic rings. The van der Waals surface area contributed by atoms with Crippen molar-refractivity contribution < 1.29 is 17.9 Å². The van der Waals surface area contributed by atoms with E-state index in [1.165, 1.54) is 17.1 Å². The Bertz CT molecular complexity index is 387. The summed E-state index contributed by atoms with van der Waals surface area (Å²) in [6.45, 7) is 6.48. The van der Waals surface area contributed by atoms with Gasteiger partial charge >= 0.3 is 0 Å². The van der Waals surface area contributed by atoms with Crippen molar-refractivity contribution in [3.63, 3.8) is 0 Å². The van der Waals surface area contributed by atoms with E-state index in [4.69, 9.17) is 9.47 Å². The number of morpholine rings is 1. The molecule has 0 aromatic carbocycles. The summed E-state index contributed by atoms with van der Waals surface area (Å²) < 4.78 is 39.4. The minimum absolute atomic E-state index is 0.0581. The van der Waals surface area contributed by atoms with Crippen LogP contribution in [0.3, 0.4) is 0 Å². The molecule has 1 N–H and O–H groups in total. The third-order valence-corrected chi connectivity index (χ3v) is 5.07. The van der Waals surface area contributed by atoms with Gasteiger partial charge in [0.2, 0.25) is 0 Å². The van der Waals surface area contributed by atoms with Gasteiger partial charge in [-0.25, -0.2) is 4.72 Å². The Morgan fingerprint density at radius 3 is 2.50 bits per heavy atom. The van der Waals surface area contributed by atoms with Crippen LogP contribution < -0.4 is 4.72 Å². The number of rotatable bonds is 8.